The summed E-state index contributed by atoms with van der Waals surface area (Å²) in [6.07, 6.45) is -2.03. The standard InChI is InChI=1S/C26H25ClF4N2O2S/c1-16-22(20-11-10-18(27)13-21(20)28)23(25(34)32-12-6-9-19(32)15-36(2)35)33(24(16)26(29,30)31)14-17-7-4-3-5-8-17/h3-5,7-8,10-11,13,19H,6,9,12,14-15H2,1-2H3. The molecule has 2 aromatic carbocycles. The lowest BCUT2D eigenvalue weighted by atomic mass is 9.99. The van der Waals surface area contributed by atoms with E-state index < -0.39 is 34.4 Å². The first-order valence-electron chi connectivity index (χ1n) is 11.4. The molecule has 36 heavy (non-hydrogen) atoms. The van der Waals surface area contributed by atoms with Crippen LogP contribution >= 0.6 is 11.6 Å². The number of carbonyl (C=O) groups is 1. The zero-order valence-corrected chi connectivity index (χ0v) is 21.3. The van der Waals surface area contributed by atoms with E-state index in [4.69, 9.17) is 11.6 Å². The van der Waals surface area contributed by atoms with Crippen LogP contribution in [0.2, 0.25) is 5.02 Å². The predicted molar refractivity (Wildman–Crippen MR) is 133 cm³/mol. The van der Waals surface area contributed by atoms with Gasteiger partial charge in [0.15, 0.2) is 0 Å². The maximum atomic E-state index is 15.1. The van der Waals surface area contributed by atoms with E-state index in [1.54, 1.807) is 30.3 Å². The summed E-state index contributed by atoms with van der Waals surface area (Å²) in [6.45, 7) is 1.35. The van der Waals surface area contributed by atoms with Crippen molar-refractivity contribution >= 4 is 28.3 Å². The zero-order valence-electron chi connectivity index (χ0n) is 19.7. The Labute approximate surface area is 214 Å². The van der Waals surface area contributed by atoms with E-state index in [-0.39, 0.29) is 45.7 Å². The van der Waals surface area contributed by atoms with Gasteiger partial charge < -0.3 is 9.47 Å². The maximum Gasteiger partial charge on any atom is 0.431 e. The van der Waals surface area contributed by atoms with Crippen LogP contribution in [0.4, 0.5) is 17.6 Å². The highest BCUT2D eigenvalue weighted by atomic mass is 35.5. The molecule has 0 N–H and O–H groups in total. The maximum absolute atomic E-state index is 15.1. The third kappa shape index (κ3) is 5.22. The van der Waals surface area contributed by atoms with Crippen molar-refractivity contribution in [2.75, 3.05) is 18.6 Å². The monoisotopic (exact) mass is 540 g/mol. The van der Waals surface area contributed by atoms with Gasteiger partial charge in [-0.3, -0.25) is 9.00 Å². The van der Waals surface area contributed by atoms with Crippen LogP contribution in [0.5, 0.6) is 0 Å². The van der Waals surface area contributed by atoms with Crippen molar-refractivity contribution in [3.05, 3.63) is 81.9 Å². The average Bonchev–Trinajstić information content (AvgIpc) is 3.35. The molecular weight excluding hydrogens is 516 g/mol. The van der Waals surface area contributed by atoms with Gasteiger partial charge in [-0.15, -0.1) is 0 Å². The fraction of sp³-hybridized carbons (Fsp3) is 0.346. The number of aromatic nitrogens is 1. The summed E-state index contributed by atoms with van der Waals surface area (Å²) in [6, 6.07) is 11.8. The summed E-state index contributed by atoms with van der Waals surface area (Å²) in [5.41, 5.74) is -1.17. The molecular formula is C26H25ClF4N2O2S. The number of likely N-dealkylation sites (tertiary alicyclic amines) is 1. The van der Waals surface area contributed by atoms with Crippen molar-refractivity contribution in [1.29, 1.82) is 0 Å². The first kappa shape index (κ1) is 26.4. The Hall–Kier alpha value is -2.65. The second-order valence-corrected chi connectivity index (χ2v) is 10.8. The van der Waals surface area contributed by atoms with Crippen LogP contribution < -0.4 is 0 Å². The van der Waals surface area contributed by atoms with Crippen LogP contribution in [-0.4, -0.2) is 44.2 Å². The molecule has 0 saturated carbocycles. The zero-order chi connectivity index (χ0) is 26.2. The third-order valence-corrected chi connectivity index (χ3v) is 7.52. The van der Waals surface area contributed by atoms with Crippen molar-refractivity contribution < 1.29 is 26.6 Å². The smallest absolute Gasteiger partial charge is 0.333 e. The lowest BCUT2D eigenvalue weighted by Gasteiger charge is -2.26. The van der Waals surface area contributed by atoms with Gasteiger partial charge in [-0.1, -0.05) is 41.9 Å². The van der Waals surface area contributed by atoms with E-state index in [9.17, 15) is 22.2 Å². The van der Waals surface area contributed by atoms with Gasteiger partial charge in [-0.2, -0.15) is 13.2 Å². The lowest BCUT2D eigenvalue weighted by molar-refractivity contribution is -0.143. The Morgan fingerprint density at radius 1 is 1.17 bits per heavy atom. The van der Waals surface area contributed by atoms with Gasteiger partial charge in [0, 0.05) is 58.1 Å². The minimum absolute atomic E-state index is 0.0894. The average molecular weight is 541 g/mol. The predicted octanol–water partition coefficient (Wildman–Crippen LogP) is 6.31. The largest absolute Gasteiger partial charge is 0.431 e. The quantitative estimate of drug-likeness (QED) is 0.344. The molecule has 0 radical (unpaired) electrons. The molecule has 2 heterocycles. The van der Waals surface area contributed by atoms with E-state index in [1.807, 2.05) is 0 Å². The van der Waals surface area contributed by atoms with Gasteiger partial charge in [0.2, 0.25) is 0 Å². The molecule has 1 amide bonds. The first-order valence-corrected chi connectivity index (χ1v) is 13.5. The summed E-state index contributed by atoms with van der Waals surface area (Å²) in [5.74, 6) is -1.24. The normalized spacial score (nSPS) is 17.0. The number of hydrogen-bond acceptors (Lipinski definition) is 2. The molecule has 0 spiro atoms. The Kier molecular flexibility index (Phi) is 7.61. The van der Waals surface area contributed by atoms with Gasteiger partial charge >= 0.3 is 6.18 Å². The Balaban J connectivity index is 2.00. The molecule has 0 bridgehead atoms. The van der Waals surface area contributed by atoms with Crippen LogP contribution in [0.3, 0.4) is 0 Å². The molecule has 1 aromatic heterocycles. The lowest BCUT2D eigenvalue weighted by Crippen LogP contribution is -2.40. The highest BCUT2D eigenvalue weighted by Crippen LogP contribution is 2.43. The molecule has 0 aliphatic carbocycles. The number of nitrogens with zero attached hydrogens (tertiary/aromatic N) is 2. The fourth-order valence-electron chi connectivity index (χ4n) is 4.96. The number of benzene rings is 2. The van der Waals surface area contributed by atoms with Gasteiger partial charge in [-0.25, -0.2) is 4.39 Å². The van der Waals surface area contributed by atoms with Gasteiger partial charge in [0.05, 0.1) is 0 Å². The van der Waals surface area contributed by atoms with Crippen molar-refractivity contribution in [3.63, 3.8) is 0 Å². The van der Waals surface area contributed by atoms with E-state index in [1.165, 1.54) is 30.2 Å². The Bertz CT molecular complexity index is 1310. The number of amides is 1. The molecule has 1 fully saturated rings. The van der Waals surface area contributed by atoms with E-state index in [0.717, 1.165) is 10.6 Å². The number of alkyl halides is 3. The molecule has 192 valence electrons. The molecule has 1 saturated heterocycles. The van der Waals surface area contributed by atoms with Crippen LogP contribution in [0.25, 0.3) is 11.1 Å². The van der Waals surface area contributed by atoms with E-state index in [0.29, 0.717) is 24.9 Å². The SMILES string of the molecule is Cc1c(-c2ccc(Cl)cc2F)c(C(=O)N2CCCC2CS(C)=O)n(Cc2ccccc2)c1C(F)(F)F. The molecule has 4 rings (SSSR count). The van der Waals surface area contributed by atoms with Crippen LogP contribution in [0, 0.1) is 12.7 Å². The molecule has 1 aliphatic rings. The Morgan fingerprint density at radius 2 is 1.86 bits per heavy atom. The number of halogens is 5. The fourth-order valence-corrected chi connectivity index (χ4v) is 6.01. The van der Waals surface area contributed by atoms with Crippen molar-refractivity contribution in [2.24, 2.45) is 0 Å². The number of rotatable bonds is 6. The van der Waals surface area contributed by atoms with Crippen LogP contribution in [0.1, 0.15) is 40.2 Å². The van der Waals surface area contributed by atoms with E-state index >= 15 is 4.39 Å². The molecule has 10 heteroatoms. The van der Waals surface area contributed by atoms with Gasteiger partial charge in [-0.05, 0) is 49.1 Å². The topological polar surface area (TPSA) is 42.3 Å². The molecule has 3 aromatic rings. The summed E-state index contributed by atoms with van der Waals surface area (Å²) in [4.78, 5) is 15.5. The Morgan fingerprint density at radius 3 is 2.47 bits per heavy atom. The minimum Gasteiger partial charge on any atom is -0.333 e. The van der Waals surface area contributed by atoms with Crippen molar-refractivity contribution in [1.82, 2.24) is 9.47 Å². The van der Waals surface area contributed by atoms with E-state index in [2.05, 4.69) is 0 Å². The molecule has 2 atom stereocenters. The van der Waals surface area contributed by atoms with Gasteiger partial charge in [0.1, 0.15) is 17.2 Å². The van der Waals surface area contributed by atoms with Gasteiger partial charge in [0.25, 0.3) is 5.91 Å². The van der Waals surface area contributed by atoms with Crippen LogP contribution in [-0.2, 0) is 23.5 Å². The number of carbonyl (C=O) groups excluding carboxylic acids is 1. The second-order valence-electron chi connectivity index (χ2n) is 8.93. The minimum atomic E-state index is -4.80. The highest BCUT2D eigenvalue weighted by Gasteiger charge is 2.43. The highest BCUT2D eigenvalue weighted by molar-refractivity contribution is 7.84. The first-order chi connectivity index (χ1) is 17.0. The summed E-state index contributed by atoms with van der Waals surface area (Å²) >= 11 is 5.90. The molecule has 1 aliphatic heterocycles. The van der Waals surface area contributed by atoms with Crippen molar-refractivity contribution in [2.45, 2.75) is 38.5 Å². The molecule has 2 unspecified atom stereocenters. The molecule has 4 nitrogen and oxygen atoms in total. The summed E-state index contributed by atoms with van der Waals surface area (Å²) in [5, 5.41) is 0.0894. The third-order valence-electron chi connectivity index (χ3n) is 6.43. The number of hydrogen-bond donors (Lipinski definition) is 0. The van der Waals surface area contributed by atoms with Crippen molar-refractivity contribution in [3.8, 4) is 11.1 Å². The second kappa shape index (κ2) is 10.4. The summed E-state index contributed by atoms with van der Waals surface area (Å²) < 4.78 is 71.4. The summed E-state index contributed by atoms with van der Waals surface area (Å²) in [7, 11) is -1.20. The van der Waals surface area contributed by atoms with Crippen LogP contribution in [0.15, 0.2) is 48.5 Å².